The standard InChI is InChI=1S/C22H22N2O4/c1-13(25)23-16-11-19(14-7-9-15(10-8-14)22(27)28-2)24-20(12-16)17-5-3-4-6-18(17)21(24)26/h3-10,16,19-20H,11-12H2,1-2H3,(H,23,25)/t16-,19+,20+/m1/s1. The van der Waals surface area contributed by atoms with Crippen molar-refractivity contribution in [2.24, 2.45) is 0 Å². The summed E-state index contributed by atoms with van der Waals surface area (Å²) in [5.41, 5.74) is 3.15. The molecule has 1 N–H and O–H groups in total. The topological polar surface area (TPSA) is 75.7 Å². The summed E-state index contributed by atoms with van der Waals surface area (Å²) in [5.74, 6) is -0.450. The van der Waals surface area contributed by atoms with Crippen LogP contribution >= 0.6 is 0 Å². The summed E-state index contributed by atoms with van der Waals surface area (Å²) in [6.45, 7) is 1.51. The molecule has 2 aromatic carbocycles. The Morgan fingerprint density at radius 1 is 1.04 bits per heavy atom. The van der Waals surface area contributed by atoms with E-state index in [4.69, 9.17) is 4.74 Å². The molecule has 1 fully saturated rings. The Bertz CT molecular complexity index is 938. The number of nitrogens with one attached hydrogen (secondary N) is 1. The van der Waals surface area contributed by atoms with Crippen LogP contribution in [0.3, 0.4) is 0 Å². The Balaban J connectivity index is 1.71. The van der Waals surface area contributed by atoms with E-state index in [-0.39, 0.29) is 29.9 Å². The molecule has 2 amide bonds. The summed E-state index contributed by atoms with van der Waals surface area (Å²) in [7, 11) is 1.35. The van der Waals surface area contributed by atoms with Gasteiger partial charge in [-0.1, -0.05) is 30.3 Å². The fourth-order valence-corrected chi connectivity index (χ4v) is 4.42. The van der Waals surface area contributed by atoms with E-state index in [1.54, 1.807) is 12.1 Å². The fraction of sp³-hybridized carbons (Fsp3) is 0.318. The Morgan fingerprint density at radius 2 is 1.71 bits per heavy atom. The first-order valence-electron chi connectivity index (χ1n) is 9.36. The number of fused-ring (bicyclic) bond motifs is 3. The first-order valence-corrected chi connectivity index (χ1v) is 9.36. The molecule has 2 aliphatic rings. The van der Waals surface area contributed by atoms with Crippen molar-refractivity contribution in [3.8, 4) is 0 Å². The molecular formula is C22H22N2O4. The Kier molecular flexibility index (Phi) is 4.63. The predicted molar refractivity (Wildman–Crippen MR) is 103 cm³/mol. The second-order valence-electron chi connectivity index (χ2n) is 7.31. The van der Waals surface area contributed by atoms with Crippen molar-refractivity contribution in [1.29, 1.82) is 0 Å². The van der Waals surface area contributed by atoms with Crippen LogP contribution in [0.2, 0.25) is 0 Å². The highest BCUT2D eigenvalue weighted by molar-refractivity contribution is 5.99. The molecule has 3 atom stereocenters. The molecule has 2 aliphatic heterocycles. The van der Waals surface area contributed by atoms with E-state index in [1.807, 2.05) is 41.3 Å². The van der Waals surface area contributed by atoms with Crippen LogP contribution in [0.25, 0.3) is 0 Å². The van der Waals surface area contributed by atoms with E-state index in [9.17, 15) is 14.4 Å². The maximum atomic E-state index is 13.1. The minimum atomic E-state index is -0.395. The maximum Gasteiger partial charge on any atom is 0.337 e. The van der Waals surface area contributed by atoms with E-state index in [1.165, 1.54) is 14.0 Å². The van der Waals surface area contributed by atoms with Crippen molar-refractivity contribution in [1.82, 2.24) is 10.2 Å². The molecule has 0 aromatic heterocycles. The summed E-state index contributed by atoms with van der Waals surface area (Å²) in [6, 6.07) is 14.5. The van der Waals surface area contributed by atoms with Crippen LogP contribution in [0.4, 0.5) is 0 Å². The van der Waals surface area contributed by atoms with Gasteiger partial charge in [0.15, 0.2) is 0 Å². The number of hydrogen-bond donors (Lipinski definition) is 1. The van der Waals surface area contributed by atoms with Crippen LogP contribution in [0.15, 0.2) is 48.5 Å². The molecule has 28 heavy (non-hydrogen) atoms. The molecule has 2 heterocycles. The number of amides is 2. The summed E-state index contributed by atoms with van der Waals surface area (Å²) in [5, 5.41) is 3.03. The van der Waals surface area contributed by atoms with Gasteiger partial charge < -0.3 is 15.0 Å². The second-order valence-corrected chi connectivity index (χ2v) is 7.31. The van der Waals surface area contributed by atoms with Crippen LogP contribution in [0, 0.1) is 0 Å². The number of benzene rings is 2. The number of carbonyl (C=O) groups excluding carboxylic acids is 3. The molecule has 2 aromatic rings. The normalized spacial score (nSPS) is 23.0. The Hall–Kier alpha value is -3.15. The van der Waals surface area contributed by atoms with Crippen LogP contribution in [0.5, 0.6) is 0 Å². The molecule has 6 heteroatoms. The van der Waals surface area contributed by atoms with Gasteiger partial charge in [0.2, 0.25) is 5.91 Å². The average molecular weight is 378 g/mol. The van der Waals surface area contributed by atoms with Crippen molar-refractivity contribution in [3.05, 3.63) is 70.8 Å². The van der Waals surface area contributed by atoms with Gasteiger partial charge in [-0.3, -0.25) is 9.59 Å². The number of methoxy groups -OCH3 is 1. The molecule has 0 spiro atoms. The van der Waals surface area contributed by atoms with E-state index in [2.05, 4.69) is 5.32 Å². The second kappa shape index (κ2) is 7.11. The average Bonchev–Trinajstić information content (AvgIpc) is 2.99. The molecule has 0 saturated carbocycles. The summed E-state index contributed by atoms with van der Waals surface area (Å²) in [4.78, 5) is 38.4. The molecule has 1 saturated heterocycles. The third-order valence-electron chi connectivity index (χ3n) is 5.60. The zero-order chi connectivity index (χ0) is 19.8. The number of piperidine rings is 1. The van der Waals surface area contributed by atoms with Gasteiger partial charge in [0.1, 0.15) is 0 Å². The molecule has 6 nitrogen and oxygen atoms in total. The molecule has 0 aliphatic carbocycles. The molecule has 0 bridgehead atoms. The highest BCUT2D eigenvalue weighted by atomic mass is 16.5. The van der Waals surface area contributed by atoms with E-state index in [0.29, 0.717) is 18.4 Å². The summed E-state index contributed by atoms with van der Waals surface area (Å²) < 4.78 is 4.76. The van der Waals surface area contributed by atoms with Gasteiger partial charge in [0.05, 0.1) is 24.8 Å². The molecule has 0 radical (unpaired) electrons. The zero-order valence-electron chi connectivity index (χ0n) is 15.8. The fourth-order valence-electron chi connectivity index (χ4n) is 4.42. The van der Waals surface area contributed by atoms with Crippen LogP contribution < -0.4 is 5.32 Å². The van der Waals surface area contributed by atoms with Crippen molar-refractivity contribution < 1.29 is 19.1 Å². The lowest BCUT2D eigenvalue weighted by Gasteiger charge is -2.42. The van der Waals surface area contributed by atoms with Crippen LogP contribution in [0.1, 0.15) is 63.7 Å². The van der Waals surface area contributed by atoms with E-state index >= 15 is 0 Å². The lowest BCUT2D eigenvalue weighted by atomic mass is 9.86. The highest BCUT2D eigenvalue weighted by Crippen LogP contribution is 2.47. The van der Waals surface area contributed by atoms with E-state index < -0.39 is 5.97 Å². The Labute approximate surface area is 163 Å². The summed E-state index contributed by atoms with van der Waals surface area (Å²) in [6.07, 6.45) is 1.33. The maximum absolute atomic E-state index is 13.1. The third kappa shape index (κ3) is 3.05. The molecular weight excluding hydrogens is 356 g/mol. The van der Waals surface area contributed by atoms with Crippen molar-refractivity contribution in [2.45, 2.75) is 37.9 Å². The van der Waals surface area contributed by atoms with E-state index in [0.717, 1.165) is 16.7 Å². The van der Waals surface area contributed by atoms with Gasteiger partial charge in [-0.25, -0.2) is 4.79 Å². The first-order chi connectivity index (χ1) is 13.5. The molecule has 0 unspecified atom stereocenters. The number of nitrogens with zero attached hydrogens (tertiary/aromatic N) is 1. The quantitative estimate of drug-likeness (QED) is 0.833. The molecule has 4 rings (SSSR count). The van der Waals surface area contributed by atoms with Gasteiger partial charge in [0, 0.05) is 18.5 Å². The van der Waals surface area contributed by atoms with Crippen molar-refractivity contribution >= 4 is 17.8 Å². The summed E-state index contributed by atoms with van der Waals surface area (Å²) >= 11 is 0. The van der Waals surface area contributed by atoms with Crippen molar-refractivity contribution in [3.63, 3.8) is 0 Å². The van der Waals surface area contributed by atoms with Gasteiger partial charge in [-0.2, -0.15) is 0 Å². The van der Waals surface area contributed by atoms with Gasteiger partial charge >= 0.3 is 5.97 Å². The lowest BCUT2D eigenvalue weighted by molar-refractivity contribution is -0.120. The third-order valence-corrected chi connectivity index (χ3v) is 5.60. The minimum absolute atomic E-state index is 0.0175. The van der Waals surface area contributed by atoms with Gasteiger partial charge in [0.25, 0.3) is 5.91 Å². The number of rotatable bonds is 3. The number of carbonyl (C=O) groups is 3. The van der Waals surface area contributed by atoms with Gasteiger partial charge in [-0.15, -0.1) is 0 Å². The van der Waals surface area contributed by atoms with Crippen LogP contribution in [-0.2, 0) is 9.53 Å². The number of ether oxygens (including phenoxy) is 1. The van der Waals surface area contributed by atoms with Crippen molar-refractivity contribution in [2.75, 3.05) is 7.11 Å². The Morgan fingerprint density at radius 3 is 2.39 bits per heavy atom. The predicted octanol–water partition coefficient (Wildman–Crippen LogP) is 3.01. The number of esters is 1. The highest BCUT2D eigenvalue weighted by Gasteiger charge is 2.46. The lowest BCUT2D eigenvalue weighted by Crippen LogP contribution is -2.46. The monoisotopic (exact) mass is 378 g/mol. The molecule has 144 valence electrons. The largest absolute Gasteiger partial charge is 0.465 e. The first kappa shape index (κ1) is 18.2. The van der Waals surface area contributed by atoms with Gasteiger partial charge in [-0.05, 0) is 42.2 Å². The minimum Gasteiger partial charge on any atom is -0.465 e. The van der Waals surface area contributed by atoms with Crippen LogP contribution in [-0.4, -0.2) is 35.8 Å². The smallest absolute Gasteiger partial charge is 0.337 e. The SMILES string of the molecule is COC(=O)c1ccc([C@@H]2C[C@@H](NC(C)=O)C[C@H]3c4ccccc4C(=O)N23)cc1. The zero-order valence-corrected chi connectivity index (χ0v) is 15.8. The number of hydrogen-bond acceptors (Lipinski definition) is 4.